The number of nitrogens with zero attached hydrogens (tertiary/aromatic N) is 2. The van der Waals surface area contributed by atoms with Gasteiger partial charge in [-0.05, 0) is 35.9 Å². The first-order valence-corrected chi connectivity index (χ1v) is 6.64. The van der Waals surface area contributed by atoms with Crippen LogP contribution in [0.5, 0.6) is 0 Å². The van der Waals surface area contributed by atoms with Crippen LogP contribution in [-0.2, 0) is 6.54 Å². The molecule has 0 atom stereocenters. The highest BCUT2D eigenvalue weighted by Gasteiger charge is 2.08. The summed E-state index contributed by atoms with van der Waals surface area (Å²) in [6.07, 6.45) is 0. The van der Waals surface area contributed by atoms with E-state index in [0.29, 0.717) is 5.56 Å². The molecule has 2 N–H and O–H groups in total. The Morgan fingerprint density at radius 3 is 2.53 bits per heavy atom. The van der Waals surface area contributed by atoms with E-state index in [1.54, 1.807) is 0 Å². The lowest BCUT2D eigenvalue weighted by atomic mass is 10.1. The van der Waals surface area contributed by atoms with Crippen molar-refractivity contribution in [3.63, 3.8) is 0 Å². The molecule has 0 amide bonds. The van der Waals surface area contributed by atoms with Crippen LogP contribution < -0.4 is 10.6 Å². The molecule has 0 fully saturated rings. The molecule has 0 aliphatic carbocycles. The van der Waals surface area contributed by atoms with Gasteiger partial charge in [0.25, 0.3) is 0 Å². The highest BCUT2D eigenvalue weighted by atomic mass is 79.9. The normalized spacial score (nSPS) is 9.95. The van der Waals surface area contributed by atoms with Gasteiger partial charge in [0.15, 0.2) is 0 Å². The number of rotatable bonds is 3. The summed E-state index contributed by atoms with van der Waals surface area (Å²) in [5.41, 5.74) is 9.16. The molecule has 0 saturated heterocycles. The third-order valence-electron chi connectivity index (χ3n) is 2.89. The Hall–Kier alpha value is -1.99. The van der Waals surface area contributed by atoms with Crippen LogP contribution in [0.25, 0.3) is 0 Å². The Kier molecular flexibility index (Phi) is 4.08. The molecule has 19 heavy (non-hydrogen) atoms. The lowest BCUT2D eigenvalue weighted by Crippen LogP contribution is -2.17. The highest BCUT2D eigenvalue weighted by Crippen LogP contribution is 2.25. The van der Waals surface area contributed by atoms with Gasteiger partial charge in [-0.15, -0.1) is 0 Å². The van der Waals surface area contributed by atoms with Crippen molar-refractivity contribution in [2.24, 2.45) is 0 Å². The fourth-order valence-corrected chi connectivity index (χ4v) is 2.25. The number of nitrogen functional groups attached to an aromatic ring is 1. The minimum atomic E-state index is 0.668. The fourth-order valence-electron chi connectivity index (χ4n) is 1.90. The molecule has 0 unspecified atom stereocenters. The lowest BCUT2D eigenvalue weighted by Gasteiger charge is -2.21. The summed E-state index contributed by atoms with van der Waals surface area (Å²) < 4.78 is 0.964. The van der Waals surface area contributed by atoms with Crippen molar-refractivity contribution in [2.75, 3.05) is 17.7 Å². The molecule has 2 aromatic carbocycles. The van der Waals surface area contributed by atoms with Crippen molar-refractivity contribution in [2.45, 2.75) is 6.54 Å². The molecule has 96 valence electrons. The van der Waals surface area contributed by atoms with Crippen molar-refractivity contribution in [3.05, 3.63) is 58.1 Å². The second kappa shape index (κ2) is 5.77. The van der Waals surface area contributed by atoms with Gasteiger partial charge in [0.05, 0.1) is 11.3 Å². The molecule has 0 aromatic heterocycles. The molecular formula is C15H14BrN3. The lowest BCUT2D eigenvalue weighted by molar-refractivity contribution is 0.920. The molecule has 0 aliphatic rings. The van der Waals surface area contributed by atoms with Crippen molar-refractivity contribution < 1.29 is 0 Å². The number of anilines is 2. The second-order valence-corrected chi connectivity index (χ2v) is 5.29. The molecule has 0 bridgehead atoms. The van der Waals surface area contributed by atoms with Crippen molar-refractivity contribution in [1.29, 1.82) is 5.26 Å². The molecule has 0 radical (unpaired) electrons. The zero-order valence-corrected chi connectivity index (χ0v) is 12.2. The first-order valence-electron chi connectivity index (χ1n) is 5.85. The molecule has 0 spiro atoms. The van der Waals surface area contributed by atoms with E-state index in [4.69, 9.17) is 11.0 Å². The monoisotopic (exact) mass is 315 g/mol. The molecule has 2 rings (SSSR count). The van der Waals surface area contributed by atoms with Gasteiger partial charge in [0, 0.05) is 23.8 Å². The summed E-state index contributed by atoms with van der Waals surface area (Å²) in [4.78, 5) is 2.05. The smallest absolute Gasteiger partial charge is 0.101 e. The molecule has 0 saturated carbocycles. The summed E-state index contributed by atoms with van der Waals surface area (Å²) in [5.74, 6) is 0. The summed E-state index contributed by atoms with van der Waals surface area (Å²) in [7, 11) is 1.97. The van der Waals surface area contributed by atoms with Crippen molar-refractivity contribution >= 4 is 27.3 Å². The Morgan fingerprint density at radius 2 is 1.89 bits per heavy atom. The number of halogens is 1. The van der Waals surface area contributed by atoms with Gasteiger partial charge in [-0.2, -0.15) is 5.26 Å². The van der Waals surface area contributed by atoms with E-state index in [0.717, 1.165) is 28.0 Å². The van der Waals surface area contributed by atoms with Crippen LogP contribution in [0.15, 0.2) is 46.9 Å². The zero-order chi connectivity index (χ0) is 13.8. The summed E-state index contributed by atoms with van der Waals surface area (Å²) in [5, 5.41) is 9.15. The summed E-state index contributed by atoms with van der Waals surface area (Å²) in [6, 6.07) is 15.6. The van der Waals surface area contributed by atoms with Crippen LogP contribution in [0.4, 0.5) is 11.4 Å². The summed E-state index contributed by atoms with van der Waals surface area (Å²) in [6.45, 7) is 0.728. The van der Waals surface area contributed by atoms with Gasteiger partial charge in [-0.1, -0.05) is 28.1 Å². The molecule has 3 nitrogen and oxygen atoms in total. The number of nitrogens with two attached hydrogens (primary N) is 1. The van der Waals surface area contributed by atoms with E-state index < -0.39 is 0 Å². The molecule has 0 aliphatic heterocycles. The number of benzene rings is 2. The predicted molar refractivity (Wildman–Crippen MR) is 81.8 cm³/mol. The maximum atomic E-state index is 9.15. The predicted octanol–water partition coefficient (Wildman–Crippen LogP) is 3.54. The van der Waals surface area contributed by atoms with Gasteiger partial charge in [0.2, 0.25) is 0 Å². The van der Waals surface area contributed by atoms with Gasteiger partial charge in [-0.25, -0.2) is 0 Å². The largest absolute Gasteiger partial charge is 0.399 e. The van der Waals surface area contributed by atoms with E-state index in [2.05, 4.69) is 26.9 Å². The van der Waals surface area contributed by atoms with E-state index >= 15 is 0 Å². The Balaban J connectivity index is 2.25. The van der Waals surface area contributed by atoms with Crippen LogP contribution in [-0.4, -0.2) is 7.05 Å². The van der Waals surface area contributed by atoms with E-state index in [-0.39, 0.29) is 0 Å². The van der Waals surface area contributed by atoms with Crippen LogP contribution in [0.3, 0.4) is 0 Å². The Morgan fingerprint density at radius 1 is 1.21 bits per heavy atom. The molecule has 2 aromatic rings. The maximum absolute atomic E-state index is 9.15. The Labute approximate surface area is 121 Å². The van der Waals surface area contributed by atoms with E-state index in [1.807, 2.05) is 49.5 Å². The molecule has 0 heterocycles. The third kappa shape index (κ3) is 3.27. The quantitative estimate of drug-likeness (QED) is 0.881. The number of hydrogen-bond donors (Lipinski definition) is 1. The first kappa shape index (κ1) is 13.4. The standard InChI is InChI=1S/C15H14BrN3/c1-19(10-11-2-6-14(18)7-3-11)15-8-13(16)5-4-12(15)9-17/h2-8H,10,18H2,1H3. The van der Waals surface area contributed by atoms with Crippen LogP contribution in [0, 0.1) is 11.3 Å². The molecular weight excluding hydrogens is 302 g/mol. The average molecular weight is 316 g/mol. The topological polar surface area (TPSA) is 53.0 Å². The minimum Gasteiger partial charge on any atom is -0.399 e. The van der Waals surface area contributed by atoms with Crippen molar-refractivity contribution in [1.82, 2.24) is 0 Å². The maximum Gasteiger partial charge on any atom is 0.101 e. The van der Waals surface area contributed by atoms with Crippen LogP contribution >= 0.6 is 15.9 Å². The Bertz CT molecular complexity index is 614. The van der Waals surface area contributed by atoms with E-state index in [1.165, 1.54) is 0 Å². The van der Waals surface area contributed by atoms with Gasteiger partial charge < -0.3 is 10.6 Å². The first-order chi connectivity index (χ1) is 9.10. The van der Waals surface area contributed by atoms with E-state index in [9.17, 15) is 0 Å². The SMILES string of the molecule is CN(Cc1ccc(N)cc1)c1cc(Br)ccc1C#N. The summed E-state index contributed by atoms with van der Waals surface area (Å²) >= 11 is 3.44. The third-order valence-corrected chi connectivity index (χ3v) is 3.38. The fraction of sp³-hybridized carbons (Fsp3) is 0.133. The molecule has 4 heteroatoms. The minimum absolute atomic E-state index is 0.668. The zero-order valence-electron chi connectivity index (χ0n) is 10.6. The van der Waals surface area contributed by atoms with Crippen LogP contribution in [0.1, 0.15) is 11.1 Å². The van der Waals surface area contributed by atoms with Gasteiger partial charge in [0.1, 0.15) is 6.07 Å². The van der Waals surface area contributed by atoms with Gasteiger partial charge in [-0.3, -0.25) is 0 Å². The second-order valence-electron chi connectivity index (χ2n) is 4.37. The van der Waals surface area contributed by atoms with Crippen molar-refractivity contribution in [3.8, 4) is 6.07 Å². The van der Waals surface area contributed by atoms with Gasteiger partial charge >= 0.3 is 0 Å². The number of hydrogen-bond acceptors (Lipinski definition) is 3. The highest BCUT2D eigenvalue weighted by molar-refractivity contribution is 9.10. The average Bonchev–Trinajstić information content (AvgIpc) is 2.41. The van der Waals surface area contributed by atoms with Crippen LogP contribution in [0.2, 0.25) is 0 Å². The number of nitriles is 1.